The van der Waals surface area contributed by atoms with E-state index in [1.165, 1.54) is 21.1 Å². The van der Waals surface area contributed by atoms with Crippen molar-refractivity contribution in [3.63, 3.8) is 0 Å². The molecule has 0 amide bonds. The number of nitrogens with one attached hydrogen (secondary N) is 1. The Kier molecular flexibility index (Phi) is 4.79. The van der Waals surface area contributed by atoms with E-state index in [1.807, 2.05) is 12.2 Å². The summed E-state index contributed by atoms with van der Waals surface area (Å²) in [7, 11) is 2.81. The van der Waals surface area contributed by atoms with Gasteiger partial charge in [-0.3, -0.25) is 14.9 Å². The fourth-order valence-electron chi connectivity index (χ4n) is 2.60. The summed E-state index contributed by atoms with van der Waals surface area (Å²) < 4.78 is 10.2. The molecule has 3 aromatic rings. The summed E-state index contributed by atoms with van der Waals surface area (Å²) in [5.41, 5.74) is 2.91. The normalized spacial score (nSPS) is 11.0. The SMILES string of the molecule is COC(=O)c1ccc2n[nH]c(C=Cc3ccc(C(C)=O)nc3)c2c1OC. The minimum Gasteiger partial charge on any atom is -0.495 e. The summed E-state index contributed by atoms with van der Waals surface area (Å²) in [5, 5.41) is 7.84. The van der Waals surface area contributed by atoms with Crippen LogP contribution in [0.2, 0.25) is 0 Å². The largest absolute Gasteiger partial charge is 0.495 e. The molecule has 0 saturated carbocycles. The lowest BCUT2D eigenvalue weighted by Crippen LogP contribution is -2.04. The number of nitrogens with zero attached hydrogens (tertiary/aromatic N) is 2. The van der Waals surface area contributed by atoms with E-state index < -0.39 is 5.97 Å². The number of ketones is 1. The van der Waals surface area contributed by atoms with Crippen LogP contribution in [0.4, 0.5) is 0 Å². The topological polar surface area (TPSA) is 94.2 Å². The lowest BCUT2D eigenvalue weighted by molar-refractivity contribution is 0.0597. The molecule has 1 N–H and O–H groups in total. The molecule has 0 aliphatic carbocycles. The predicted octanol–water partition coefficient (Wildman–Crippen LogP) is 3.13. The number of ether oxygens (including phenoxy) is 2. The van der Waals surface area contributed by atoms with Crippen LogP contribution in [0.3, 0.4) is 0 Å². The average molecular weight is 351 g/mol. The molecular formula is C19H17N3O4. The van der Waals surface area contributed by atoms with Crippen molar-refractivity contribution in [1.82, 2.24) is 15.2 Å². The summed E-state index contributed by atoms with van der Waals surface area (Å²) in [6.45, 7) is 1.47. The number of Topliss-reactive ketones (excluding diaryl/α,β-unsaturated/α-hetero) is 1. The summed E-state index contributed by atoms with van der Waals surface area (Å²) in [4.78, 5) is 27.3. The van der Waals surface area contributed by atoms with E-state index in [4.69, 9.17) is 9.47 Å². The molecule has 2 aromatic heterocycles. The molecule has 0 aliphatic heterocycles. The van der Waals surface area contributed by atoms with Crippen molar-refractivity contribution in [3.05, 3.63) is 53.0 Å². The van der Waals surface area contributed by atoms with Crippen LogP contribution in [0.5, 0.6) is 5.75 Å². The first-order chi connectivity index (χ1) is 12.5. The van der Waals surface area contributed by atoms with E-state index in [0.29, 0.717) is 33.6 Å². The van der Waals surface area contributed by atoms with Crippen LogP contribution in [0.1, 0.15) is 39.0 Å². The van der Waals surface area contributed by atoms with Crippen molar-refractivity contribution in [2.75, 3.05) is 14.2 Å². The minimum atomic E-state index is -0.482. The Hall–Kier alpha value is -3.48. The molecule has 0 unspecified atom stereocenters. The van der Waals surface area contributed by atoms with Gasteiger partial charge in [-0.1, -0.05) is 12.1 Å². The van der Waals surface area contributed by atoms with Gasteiger partial charge in [0.05, 0.1) is 30.8 Å². The maximum Gasteiger partial charge on any atom is 0.341 e. The van der Waals surface area contributed by atoms with Crippen molar-refractivity contribution < 1.29 is 19.1 Å². The zero-order chi connectivity index (χ0) is 18.7. The molecule has 7 heteroatoms. The number of aromatic amines is 1. The number of rotatable bonds is 5. The van der Waals surface area contributed by atoms with Crippen LogP contribution in [0.25, 0.3) is 23.1 Å². The Morgan fingerprint density at radius 2 is 1.92 bits per heavy atom. The fraction of sp³-hybridized carbons (Fsp3) is 0.158. The van der Waals surface area contributed by atoms with Crippen molar-refractivity contribution in [2.24, 2.45) is 0 Å². The van der Waals surface area contributed by atoms with Gasteiger partial charge < -0.3 is 9.47 Å². The van der Waals surface area contributed by atoms with Crippen molar-refractivity contribution in [1.29, 1.82) is 0 Å². The third-order valence-electron chi connectivity index (χ3n) is 3.90. The van der Waals surface area contributed by atoms with Crippen LogP contribution in [0.15, 0.2) is 30.5 Å². The molecule has 0 spiro atoms. The number of benzene rings is 1. The van der Waals surface area contributed by atoms with Crippen LogP contribution in [-0.4, -0.2) is 41.2 Å². The Morgan fingerprint density at radius 1 is 1.12 bits per heavy atom. The number of carbonyl (C=O) groups excluding carboxylic acids is 2. The molecule has 132 valence electrons. The van der Waals surface area contributed by atoms with E-state index in [9.17, 15) is 9.59 Å². The van der Waals surface area contributed by atoms with Gasteiger partial charge in [-0.05, 0) is 29.8 Å². The maximum atomic E-state index is 11.9. The Morgan fingerprint density at radius 3 is 2.54 bits per heavy atom. The number of hydrogen-bond acceptors (Lipinski definition) is 6. The molecule has 2 heterocycles. The second kappa shape index (κ2) is 7.18. The molecule has 0 aliphatic rings. The molecule has 0 radical (unpaired) electrons. The van der Waals surface area contributed by atoms with E-state index in [2.05, 4.69) is 15.2 Å². The predicted molar refractivity (Wildman–Crippen MR) is 97.2 cm³/mol. The third-order valence-corrected chi connectivity index (χ3v) is 3.90. The first-order valence-electron chi connectivity index (χ1n) is 7.83. The molecule has 3 rings (SSSR count). The zero-order valence-electron chi connectivity index (χ0n) is 14.6. The Bertz CT molecular complexity index is 1000. The van der Waals surface area contributed by atoms with Gasteiger partial charge in [0.25, 0.3) is 0 Å². The average Bonchev–Trinajstić information content (AvgIpc) is 3.08. The lowest BCUT2D eigenvalue weighted by atomic mass is 10.1. The maximum absolute atomic E-state index is 11.9. The van der Waals surface area contributed by atoms with E-state index in [1.54, 1.807) is 30.5 Å². The summed E-state index contributed by atoms with van der Waals surface area (Å²) >= 11 is 0. The highest BCUT2D eigenvalue weighted by atomic mass is 16.5. The Labute approximate surface area is 149 Å². The first kappa shape index (κ1) is 17.3. The van der Waals surface area contributed by atoms with Crippen LogP contribution >= 0.6 is 0 Å². The molecule has 0 saturated heterocycles. The smallest absolute Gasteiger partial charge is 0.341 e. The van der Waals surface area contributed by atoms with Crippen molar-refractivity contribution in [3.8, 4) is 5.75 Å². The monoisotopic (exact) mass is 351 g/mol. The highest BCUT2D eigenvalue weighted by Crippen LogP contribution is 2.32. The first-order valence-corrected chi connectivity index (χ1v) is 7.83. The minimum absolute atomic E-state index is 0.0832. The number of hydrogen-bond donors (Lipinski definition) is 1. The standard InChI is InChI=1S/C19H17N3O4/c1-11(23)14-7-4-12(10-20-14)5-8-15-17-16(22-21-15)9-6-13(18(17)25-2)19(24)26-3/h4-10H,1-3H3,(H,21,22). The van der Waals surface area contributed by atoms with Gasteiger partial charge in [0, 0.05) is 13.1 Å². The van der Waals surface area contributed by atoms with Crippen LogP contribution in [0, 0.1) is 0 Å². The highest BCUT2D eigenvalue weighted by Gasteiger charge is 2.19. The Balaban J connectivity index is 2.02. The van der Waals surface area contributed by atoms with Gasteiger partial charge in [-0.15, -0.1) is 0 Å². The zero-order valence-corrected chi connectivity index (χ0v) is 14.6. The number of fused-ring (bicyclic) bond motifs is 1. The number of carbonyl (C=O) groups is 2. The highest BCUT2D eigenvalue weighted by molar-refractivity contribution is 6.03. The van der Waals surface area contributed by atoms with Gasteiger partial charge in [-0.25, -0.2) is 4.79 Å². The molecule has 0 bridgehead atoms. The third kappa shape index (κ3) is 3.19. The van der Waals surface area contributed by atoms with Gasteiger partial charge in [0.2, 0.25) is 0 Å². The fourth-order valence-corrected chi connectivity index (χ4v) is 2.60. The van der Waals surface area contributed by atoms with Crippen LogP contribution in [-0.2, 0) is 4.74 Å². The number of aromatic nitrogens is 3. The second-order valence-electron chi connectivity index (χ2n) is 5.54. The summed E-state index contributed by atoms with van der Waals surface area (Å²) in [5.74, 6) is -0.170. The lowest BCUT2D eigenvalue weighted by Gasteiger charge is -2.08. The van der Waals surface area contributed by atoms with E-state index in [-0.39, 0.29) is 5.78 Å². The van der Waals surface area contributed by atoms with Gasteiger partial charge in [0.15, 0.2) is 5.78 Å². The van der Waals surface area contributed by atoms with Crippen molar-refractivity contribution in [2.45, 2.75) is 6.92 Å². The quantitative estimate of drug-likeness (QED) is 0.561. The van der Waals surface area contributed by atoms with E-state index in [0.717, 1.165) is 5.56 Å². The van der Waals surface area contributed by atoms with Gasteiger partial charge in [-0.2, -0.15) is 5.10 Å². The second-order valence-corrected chi connectivity index (χ2v) is 5.54. The van der Waals surface area contributed by atoms with Gasteiger partial charge >= 0.3 is 5.97 Å². The van der Waals surface area contributed by atoms with Gasteiger partial charge in [0.1, 0.15) is 17.0 Å². The molecule has 26 heavy (non-hydrogen) atoms. The molecule has 0 fully saturated rings. The number of esters is 1. The summed E-state index contributed by atoms with van der Waals surface area (Å²) in [6.07, 6.45) is 5.25. The molecular weight excluding hydrogens is 334 g/mol. The van der Waals surface area contributed by atoms with E-state index >= 15 is 0 Å². The number of methoxy groups -OCH3 is 2. The molecule has 1 aromatic carbocycles. The van der Waals surface area contributed by atoms with Crippen LogP contribution < -0.4 is 4.74 Å². The molecule has 0 atom stereocenters. The molecule has 7 nitrogen and oxygen atoms in total. The van der Waals surface area contributed by atoms with Crippen molar-refractivity contribution >= 4 is 34.8 Å². The summed E-state index contributed by atoms with van der Waals surface area (Å²) in [6, 6.07) is 6.81. The number of pyridine rings is 1. The number of H-pyrrole nitrogens is 1.